The lowest BCUT2D eigenvalue weighted by atomic mass is 9.94. The average molecular weight is 431 g/mol. The lowest BCUT2D eigenvalue weighted by Crippen LogP contribution is -2.40. The molecule has 176 valence electrons. The summed E-state index contributed by atoms with van der Waals surface area (Å²) < 4.78 is 0. The molecule has 0 saturated carbocycles. The number of aromatic nitrogens is 1. The minimum atomic E-state index is 0. The molecule has 0 spiro atoms. The fourth-order valence-electron chi connectivity index (χ4n) is 5.88. The molecule has 1 aromatic heterocycles. The van der Waals surface area contributed by atoms with Gasteiger partial charge in [-0.3, -0.25) is 9.88 Å². The number of fused-ring (bicyclic) bond motifs is 3. The first-order valence-corrected chi connectivity index (χ1v) is 12.0. The van der Waals surface area contributed by atoms with Gasteiger partial charge in [-0.1, -0.05) is 13.5 Å². The predicted molar refractivity (Wildman–Crippen MR) is 130 cm³/mol. The SMILES string of the molecule is C.CN1CC2CCCNC2C1.CN1C[C@H]2CCCN[C@H]2C1.CN1Cc2cccnc2C1. The Labute approximate surface area is 190 Å². The minimum absolute atomic E-state index is 0. The third kappa shape index (κ3) is 6.72. The van der Waals surface area contributed by atoms with Crippen LogP contribution in [0.4, 0.5) is 0 Å². The molecule has 0 radical (unpaired) electrons. The van der Waals surface area contributed by atoms with E-state index in [0.717, 1.165) is 37.0 Å². The van der Waals surface area contributed by atoms with Crippen LogP contribution in [-0.4, -0.2) is 92.2 Å². The highest BCUT2D eigenvalue weighted by atomic mass is 15.2. The van der Waals surface area contributed by atoms with Crippen LogP contribution in [0.5, 0.6) is 0 Å². The van der Waals surface area contributed by atoms with Crippen LogP contribution in [0.25, 0.3) is 0 Å². The smallest absolute Gasteiger partial charge is 0.0588 e. The van der Waals surface area contributed by atoms with Gasteiger partial charge in [-0.15, -0.1) is 0 Å². The molecule has 0 amide bonds. The van der Waals surface area contributed by atoms with E-state index in [1.54, 1.807) is 0 Å². The van der Waals surface area contributed by atoms with E-state index < -0.39 is 0 Å². The number of likely N-dealkylation sites (N-methyl/N-ethyl adjacent to an activating group) is 2. The van der Waals surface area contributed by atoms with Gasteiger partial charge in [0, 0.05) is 57.5 Å². The van der Waals surface area contributed by atoms with Gasteiger partial charge in [0.25, 0.3) is 0 Å². The fraction of sp³-hybridized carbons (Fsp3) is 0.800. The Morgan fingerprint density at radius 1 is 0.806 bits per heavy atom. The Bertz CT molecular complexity index is 584. The van der Waals surface area contributed by atoms with Crippen molar-refractivity contribution in [3.8, 4) is 0 Å². The van der Waals surface area contributed by atoms with Crippen LogP contribution in [-0.2, 0) is 13.1 Å². The first-order chi connectivity index (χ1) is 14.6. The van der Waals surface area contributed by atoms with Gasteiger partial charge in [-0.2, -0.15) is 0 Å². The minimum Gasteiger partial charge on any atom is -0.312 e. The van der Waals surface area contributed by atoms with E-state index >= 15 is 0 Å². The van der Waals surface area contributed by atoms with Crippen LogP contribution >= 0.6 is 0 Å². The number of likely N-dealkylation sites (tertiary alicyclic amines) is 2. The lowest BCUT2D eigenvalue weighted by molar-refractivity contribution is 0.338. The molecule has 6 heterocycles. The molecule has 2 unspecified atom stereocenters. The number of hydrogen-bond acceptors (Lipinski definition) is 6. The van der Waals surface area contributed by atoms with Crippen molar-refractivity contribution in [2.24, 2.45) is 11.8 Å². The summed E-state index contributed by atoms with van der Waals surface area (Å²) in [6, 6.07) is 5.78. The predicted octanol–water partition coefficient (Wildman–Crippen LogP) is 2.26. The van der Waals surface area contributed by atoms with Crippen molar-refractivity contribution in [3.05, 3.63) is 29.6 Å². The van der Waals surface area contributed by atoms with Crippen molar-refractivity contribution < 1.29 is 0 Å². The molecule has 0 bridgehead atoms. The van der Waals surface area contributed by atoms with Crippen molar-refractivity contribution in [2.45, 2.75) is 58.3 Å². The van der Waals surface area contributed by atoms with Crippen LogP contribution in [0.3, 0.4) is 0 Å². The third-order valence-electron chi connectivity index (χ3n) is 7.41. The number of nitrogens with zero attached hydrogens (tertiary/aromatic N) is 4. The van der Waals surface area contributed by atoms with Crippen molar-refractivity contribution in [3.63, 3.8) is 0 Å². The molecule has 5 aliphatic heterocycles. The summed E-state index contributed by atoms with van der Waals surface area (Å²) in [5.41, 5.74) is 2.62. The van der Waals surface area contributed by atoms with Gasteiger partial charge < -0.3 is 20.4 Å². The maximum atomic E-state index is 4.27. The van der Waals surface area contributed by atoms with Gasteiger partial charge in [0.1, 0.15) is 0 Å². The molecule has 1 aromatic rings. The molecule has 6 heteroatoms. The topological polar surface area (TPSA) is 46.7 Å². The van der Waals surface area contributed by atoms with Crippen LogP contribution in [0.2, 0.25) is 0 Å². The van der Waals surface area contributed by atoms with E-state index in [1.807, 2.05) is 12.3 Å². The van der Waals surface area contributed by atoms with E-state index in [2.05, 4.69) is 57.5 Å². The molecule has 6 nitrogen and oxygen atoms in total. The van der Waals surface area contributed by atoms with E-state index in [9.17, 15) is 0 Å². The van der Waals surface area contributed by atoms with Crippen molar-refractivity contribution >= 4 is 0 Å². The maximum Gasteiger partial charge on any atom is 0.0588 e. The molecule has 31 heavy (non-hydrogen) atoms. The molecule has 6 rings (SSSR count). The Kier molecular flexibility index (Phi) is 9.29. The van der Waals surface area contributed by atoms with Gasteiger partial charge in [-0.05, 0) is 83.4 Å². The second kappa shape index (κ2) is 11.7. The summed E-state index contributed by atoms with van der Waals surface area (Å²) in [5, 5.41) is 7.14. The zero-order valence-electron chi connectivity index (χ0n) is 19.3. The number of nitrogens with one attached hydrogen (secondary N) is 2. The highest BCUT2D eigenvalue weighted by Crippen LogP contribution is 2.24. The molecule has 0 aliphatic carbocycles. The molecular weight excluding hydrogens is 384 g/mol. The number of piperidine rings is 2. The molecule has 5 aliphatic rings. The second-order valence-electron chi connectivity index (χ2n) is 10.1. The molecule has 4 fully saturated rings. The Hall–Kier alpha value is -1.05. The van der Waals surface area contributed by atoms with Gasteiger partial charge >= 0.3 is 0 Å². The van der Waals surface area contributed by atoms with E-state index in [4.69, 9.17) is 0 Å². The van der Waals surface area contributed by atoms with Crippen LogP contribution in [0, 0.1) is 11.8 Å². The highest BCUT2D eigenvalue weighted by molar-refractivity contribution is 5.22. The monoisotopic (exact) mass is 430 g/mol. The highest BCUT2D eigenvalue weighted by Gasteiger charge is 2.32. The van der Waals surface area contributed by atoms with E-state index in [-0.39, 0.29) is 7.43 Å². The first kappa shape index (κ1) is 24.6. The summed E-state index contributed by atoms with van der Waals surface area (Å²) in [6.45, 7) is 9.73. The number of rotatable bonds is 0. The van der Waals surface area contributed by atoms with Gasteiger partial charge in [-0.25, -0.2) is 0 Å². The lowest BCUT2D eigenvalue weighted by Gasteiger charge is -2.24. The summed E-state index contributed by atoms with van der Waals surface area (Å²) in [4.78, 5) is 11.4. The van der Waals surface area contributed by atoms with Crippen LogP contribution in [0.1, 0.15) is 44.4 Å². The van der Waals surface area contributed by atoms with Gasteiger partial charge in [0.05, 0.1) is 5.69 Å². The summed E-state index contributed by atoms with van der Waals surface area (Å²) in [7, 11) is 6.56. The molecule has 2 N–H and O–H groups in total. The van der Waals surface area contributed by atoms with Gasteiger partial charge in [0.15, 0.2) is 0 Å². The van der Waals surface area contributed by atoms with Crippen molar-refractivity contribution in [1.29, 1.82) is 0 Å². The second-order valence-corrected chi connectivity index (χ2v) is 10.1. The molecule has 4 atom stereocenters. The largest absolute Gasteiger partial charge is 0.312 e. The third-order valence-corrected chi connectivity index (χ3v) is 7.41. The maximum absolute atomic E-state index is 4.27. The number of hydrogen-bond donors (Lipinski definition) is 2. The molecular formula is C25H46N6. The van der Waals surface area contributed by atoms with Crippen LogP contribution < -0.4 is 10.6 Å². The zero-order chi connectivity index (χ0) is 20.9. The fourth-order valence-corrected chi connectivity index (χ4v) is 5.88. The summed E-state index contributed by atoms with van der Waals surface area (Å²) in [6.07, 6.45) is 7.52. The Morgan fingerprint density at radius 3 is 1.90 bits per heavy atom. The van der Waals surface area contributed by atoms with Gasteiger partial charge in [0.2, 0.25) is 0 Å². The Morgan fingerprint density at radius 2 is 1.39 bits per heavy atom. The van der Waals surface area contributed by atoms with Crippen molar-refractivity contribution in [1.82, 2.24) is 30.3 Å². The summed E-state index contributed by atoms with van der Waals surface area (Å²) in [5.74, 6) is 1.91. The standard InChI is InChI=1S/2C8H16N2.C8H10N2.CH4/c3*1-10-5-7-3-2-4-9-8(7)6-10;/h2*7-9H,2-6H2,1H3;2-4H,5-6H2,1H3;1H4/t7-,8+;;;/m1.../s1. The molecule has 0 aromatic carbocycles. The zero-order valence-corrected chi connectivity index (χ0v) is 19.3. The quantitative estimate of drug-likeness (QED) is 0.658. The van der Waals surface area contributed by atoms with E-state index in [1.165, 1.54) is 76.2 Å². The number of pyridine rings is 1. The molecule has 4 saturated heterocycles. The van der Waals surface area contributed by atoms with Crippen LogP contribution in [0.15, 0.2) is 18.3 Å². The van der Waals surface area contributed by atoms with Crippen molar-refractivity contribution in [2.75, 3.05) is 60.4 Å². The average Bonchev–Trinajstić information content (AvgIpc) is 3.41. The normalized spacial score (nSPS) is 32.5. The Balaban J connectivity index is 0.000000130. The van der Waals surface area contributed by atoms with E-state index in [0.29, 0.717) is 0 Å². The first-order valence-electron chi connectivity index (χ1n) is 12.0. The summed E-state index contributed by atoms with van der Waals surface area (Å²) >= 11 is 0.